The van der Waals surface area contributed by atoms with Crippen LogP contribution in [0.15, 0.2) is 12.3 Å². The van der Waals surface area contributed by atoms with Crippen LogP contribution in [0.5, 0.6) is 0 Å². The highest BCUT2D eigenvalue weighted by atomic mass is 15.2. The Balaban J connectivity index is 2.14. The number of anilines is 1. The van der Waals surface area contributed by atoms with Crippen LogP contribution in [0.25, 0.3) is 0 Å². The SMILES string of the molecule is CCC(N)Cc1cnc(N2CCCCC2C)c(C)c1. The molecule has 2 N–H and O–H groups in total. The second kappa shape index (κ2) is 6.38. The Morgan fingerprint density at radius 2 is 2.26 bits per heavy atom. The third-order valence-corrected chi connectivity index (χ3v) is 4.20. The summed E-state index contributed by atoms with van der Waals surface area (Å²) in [5.41, 5.74) is 8.57. The molecule has 1 aliphatic rings. The van der Waals surface area contributed by atoms with Crippen molar-refractivity contribution in [3.8, 4) is 0 Å². The van der Waals surface area contributed by atoms with Crippen molar-refractivity contribution in [1.82, 2.24) is 4.98 Å². The molecule has 0 saturated carbocycles. The summed E-state index contributed by atoms with van der Waals surface area (Å²) in [5.74, 6) is 1.17. The minimum atomic E-state index is 0.251. The van der Waals surface area contributed by atoms with E-state index in [9.17, 15) is 0 Å². The first-order valence-corrected chi connectivity index (χ1v) is 7.59. The van der Waals surface area contributed by atoms with Crippen molar-refractivity contribution in [1.29, 1.82) is 0 Å². The topological polar surface area (TPSA) is 42.1 Å². The van der Waals surface area contributed by atoms with Gasteiger partial charge in [0.15, 0.2) is 0 Å². The molecular weight excluding hydrogens is 234 g/mol. The van der Waals surface area contributed by atoms with E-state index < -0.39 is 0 Å². The summed E-state index contributed by atoms with van der Waals surface area (Å²) >= 11 is 0. The van der Waals surface area contributed by atoms with E-state index in [1.165, 1.54) is 36.2 Å². The monoisotopic (exact) mass is 261 g/mol. The molecule has 2 heterocycles. The molecule has 0 aromatic carbocycles. The molecule has 2 unspecified atom stereocenters. The number of aromatic nitrogens is 1. The molecule has 0 aliphatic carbocycles. The molecular formula is C16H27N3. The molecule has 1 saturated heterocycles. The zero-order valence-corrected chi connectivity index (χ0v) is 12.5. The van der Waals surface area contributed by atoms with Gasteiger partial charge in [-0.3, -0.25) is 0 Å². The number of nitrogens with two attached hydrogens (primary N) is 1. The molecule has 3 heteroatoms. The Morgan fingerprint density at radius 3 is 2.89 bits per heavy atom. The van der Waals surface area contributed by atoms with Gasteiger partial charge in [0.25, 0.3) is 0 Å². The number of pyridine rings is 1. The van der Waals surface area contributed by atoms with Gasteiger partial charge in [0.2, 0.25) is 0 Å². The molecule has 0 spiro atoms. The molecule has 1 aromatic rings. The van der Waals surface area contributed by atoms with E-state index >= 15 is 0 Å². The molecule has 0 radical (unpaired) electrons. The van der Waals surface area contributed by atoms with Gasteiger partial charge in [-0.25, -0.2) is 4.98 Å². The van der Waals surface area contributed by atoms with Crippen LogP contribution in [-0.4, -0.2) is 23.6 Å². The van der Waals surface area contributed by atoms with E-state index in [1.807, 2.05) is 6.20 Å². The zero-order chi connectivity index (χ0) is 13.8. The number of hydrogen-bond acceptors (Lipinski definition) is 3. The summed E-state index contributed by atoms with van der Waals surface area (Å²) in [4.78, 5) is 7.17. The Hall–Kier alpha value is -1.09. The van der Waals surface area contributed by atoms with Crippen LogP contribution in [0.1, 0.15) is 50.7 Å². The molecule has 2 rings (SSSR count). The molecule has 106 valence electrons. The predicted molar refractivity (Wildman–Crippen MR) is 81.6 cm³/mol. The minimum absolute atomic E-state index is 0.251. The summed E-state index contributed by atoms with van der Waals surface area (Å²) in [6, 6.07) is 3.13. The lowest BCUT2D eigenvalue weighted by Gasteiger charge is -2.35. The molecule has 19 heavy (non-hydrogen) atoms. The van der Waals surface area contributed by atoms with Crippen LogP contribution in [0.3, 0.4) is 0 Å². The highest BCUT2D eigenvalue weighted by Crippen LogP contribution is 2.26. The van der Waals surface area contributed by atoms with Crippen molar-refractivity contribution in [3.63, 3.8) is 0 Å². The van der Waals surface area contributed by atoms with Crippen LogP contribution in [-0.2, 0) is 6.42 Å². The lowest BCUT2D eigenvalue weighted by molar-refractivity contribution is 0.480. The van der Waals surface area contributed by atoms with Gasteiger partial charge in [-0.15, -0.1) is 0 Å². The molecule has 1 fully saturated rings. The van der Waals surface area contributed by atoms with Gasteiger partial charge in [0, 0.05) is 24.8 Å². The van der Waals surface area contributed by atoms with Crippen molar-refractivity contribution in [2.45, 2.75) is 65.0 Å². The molecule has 2 atom stereocenters. The Labute approximate surface area is 117 Å². The van der Waals surface area contributed by atoms with Gasteiger partial charge in [-0.05, 0) is 57.1 Å². The van der Waals surface area contributed by atoms with Crippen LogP contribution < -0.4 is 10.6 Å². The number of rotatable bonds is 4. The van der Waals surface area contributed by atoms with Crippen molar-refractivity contribution in [3.05, 3.63) is 23.4 Å². The summed E-state index contributed by atoms with van der Waals surface area (Å²) < 4.78 is 0. The number of hydrogen-bond donors (Lipinski definition) is 1. The number of nitrogens with zero attached hydrogens (tertiary/aromatic N) is 2. The smallest absolute Gasteiger partial charge is 0.131 e. The summed E-state index contributed by atoms with van der Waals surface area (Å²) in [6.45, 7) is 7.75. The molecule has 1 aliphatic heterocycles. The van der Waals surface area contributed by atoms with Gasteiger partial charge in [-0.1, -0.05) is 13.0 Å². The summed E-state index contributed by atoms with van der Waals surface area (Å²) in [5, 5.41) is 0. The molecule has 0 amide bonds. The first-order valence-electron chi connectivity index (χ1n) is 7.59. The van der Waals surface area contributed by atoms with Crippen molar-refractivity contribution in [2.24, 2.45) is 5.73 Å². The first-order chi connectivity index (χ1) is 9.11. The molecule has 1 aromatic heterocycles. The molecule has 3 nitrogen and oxygen atoms in total. The highest BCUT2D eigenvalue weighted by Gasteiger charge is 2.21. The maximum absolute atomic E-state index is 6.02. The van der Waals surface area contributed by atoms with E-state index in [0.29, 0.717) is 6.04 Å². The molecule has 0 bridgehead atoms. The number of aryl methyl sites for hydroxylation is 1. The fourth-order valence-corrected chi connectivity index (χ4v) is 2.90. The van der Waals surface area contributed by atoms with Gasteiger partial charge in [0.05, 0.1) is 0 Å². The van der Waals surface area contributed by atoms with Gasteiger partial charge in [0.1, 0.15) is 5.82 Å². The van der Waals surface area contributed by atoms with Crippen molar-refractivity contribution in [2.75, 3.05) is 11.4 Å². The fraction of sp³-hybridized carbons (Fsp3) is 0.688. The van der Waals surface area contributed by atoms with Crippen LogP contribution >= 0.6 is 0 Å². The van der Waals surface area contributed by atoms with Crippen LogP contribution in [0, 0.1) is 6.92 Å². The van der Waals surface area contributed by atoms with Gasteiger partial charge >= 0.3 is 0 Å². The zero-order valence-electron chi connectivity index (χ0n) is 12.5. The van der Waals surface area contributed by atoms with Gasteiger partial charge < -0.3 is 10.6 Å². The standard InChI is InChI=1S/C16H27N3/c1-4-15(17)10-14-9-12(2)16(18-11-14)19-8-6-5-7-13(19)3/h9,11,13,15H,4-8,10,17H2,1-3H3. The Bertz CT molecular complexity index is 416. The average molecular weight is 261 g/mol. The summed E-state index contributed by atoms with van der Waals surface area (Å²) in [7, 11) is 0. The second-order valence-electron chi connectivity index (χ2n) is 5.89. The van der Waals surface area contributed by atoms with E-state index in [2.05, 4.69) is 31.7 Å². The van der Waals surface area contributed by atoms with E-state index in [1.54, 1.807) is 0 Å². The Kier molecular flexibility index (Phi) is 4.81. The predicted octanol–water partition coefficient (Wildman–Crippen LogP) is 3.05. The fourth-order valence-electron chi connectivity index (χ4n) is 2.90. The van der Waals surface area contributed by atoms with E-state index in [4.69, 9.17) is 10.7 Å². The maximum Gasteiger partial charge on any atom is 0.131 e. The van der Waals surface area contributed by atoms with E-state index in [0.717, 1.165) is 19.4 Å². The quantitative estimate of drug-likeness (QED) is 0.906. The van der Waals surface area contributed by atoms with Crippen molar-refractivity contribution < 1.29 is 0 Å². The third-order valence-electron chi connectivity index (χ3n) is 4.20. The van der Waals surface area contributed by atoms with Gasteiger partial charge in [-0.2, -0.15) is 0 Å². The largest absolute Gasteiger partial charge is 0.354 e. The first kappa shape index (κ1) is 14.3. The third kappa shape index (κ3) is 3.47. The Morgan fingerprint density at radius 1 is 1.47 bits per heavy atom. The average Bonchev–Trinajstić information content (AvgIpc) is 2.40. The lowest BCUT2D eigenvalue weighted by Crippen LogP contribution is -2.38. The van der Waals surface area contributed by atoms with Crippen LogP contribution in [0.4, 0.5) is 5.82 Å². The van der Waals surface area contributed by atoms with E-state index in [-0.39, 0.29) is 6.04 Å². The lowest BCUT2D eigenvalue weighted by atomic mass is 10.0. The number of piperidine rings is 1. The van der Waals surface area contributed by atoms with Crippen LogP contribution in [0.2, 0.25) is 0 Å². The van der Waals surface area contributed by atoms with Crippen molar-refractivity contribution >= 4 is 5.82 Å². The normalized spacial score (nSPS) is 21.5. The highest BCUT2D eigenvalue weighted by molar-refractivity contribution is 5.48. The maximum atomic E-state index is 6.02. The summed E-state index contributed by atoms with van der Waals surface area (Å²) in [6.07, 6.45) is 7.88. The second-order valence-corrected chi connectivity index (χ2v) is 5.89. The minimum Gasteiger partial charge on any atom is -0.354 e.